The third kappa shape index (κ3) is 4.73. The molecule has 0 aliphatic heterocycles. The maximum absolute atomic E-state index is 12.1. The van der Waals surface area contributed by atoms with Crippen LogP contribution in [0, 0.1) is 0 Å². The Morgan fingerprint density at radius 1 is 1.21 bits per heavy atom. The number of hydrogen-bond acceptors (Lipinski definition) is 3. The van der Waals surface area contributed by atoms with Crippen LogP contribution in [0.2, 0.25) is 0 Å². The Labute approximate surface area is 114 Å². The van der Waals surface area contributed by atoms with Crippen LogP contribution in [-0.2, 0) is 16.0 Å². The van der Waals surface area contributed by atoms with E-state index in [9.17, 15) is 9.59 Å². The number of esters is 1. The molecule has 0 unspecified atom stereocenters. The Kier molecular flexibility index (Phi) is 6.06. The Balaban J connectivity index is 2.49. The van der Waals surface area contributed by atoms with Crippen molar-refractivity contribution in [2.75, 3.05) is 20.7 Å². The van der Waals surface area contributed by atoms with Gasteiger partial charge in [-0.2, -0.15) is 0 Å². The van der Waals surface area contributed by atoms with E-state index in [1.807, 2.05) is 24.3 Å². The van der Waals surface area contributed by atoms with E-state index in [-0.39, 0.29) is 11.9 Å². The van der Waals surface area contributed by atoms with Gasteiger partial charge in [0.25, 0.3) is 5.91 Å². The average Bonchev–Trinajstić information content (AvgIpc) is 2.46. The summed E-state index contributed by atoms with van der Waals surface area (Å²) in [6, 6.07) is 7.63. The second-order valence-corrected chi connectivity index (χ2v) is 4.46. The first kappa shape index (κ1) is 15.2. The van der Waals surface area contributed by atoms with Crippen molar-refractivity contribution < 1.29 is 14.3 Å². The van der Waals surface area contributed by atoms with Gasteiger partial charge in [0.05, 0.1) is 7.11 Å². The Morgan fingerprint density at radius 2 is 1.84 bits per heavy atom. The molecule has 0 N–H and O–H groups in total. The molecule has 4 nitrogen and oxygen atoms in total. The molecule has 0 atom stereocenters. The van der Waals surface area contributed by atoms with Crippen molar-refractivity contribution >= 4 is 11.9 Å². The summed E-state index contributed by atoms with van der Waals surface area (Å²) in [5, 5.41) is 0. The third-order valence-electron chi connectivity index (χ3n) is 3.06. The van der Waals surface area contributed by atoms with Gasteiger partial charge in [0.15, 0.2) is 0 Å². The van der Waals surface area contributed by atoms with E-state index < -0.39 is 0 Å². The Morgan fingerprint density at radius 3 is 2.37 bits per heavy atom. The summed E-state index contributed by atoms with van der Waals surface area (Å²) >= 11 is 0. The lowest BCUT2D eigenvalue weighted by molar-refractivity contribution is -0.140. The lowest BCUT2D eigenvalue weighted by Gasteiger charge is -2.17. The van der Waals surface area contributed by atoms with E-state index in [0.717, 1.165) is 6.42 Å². The van der Waals surface area contributed by atoms with Gasteiger partial charge in [0.1, 0.15) is 0 Å². The zero-order valence-corrected chi connectivity index (χ0v) is 11.8. The number of rotatable bonds is 6. The Bertz CT molecular complexity index is 426. The van der Waals surface area contributed by atoms with Crippen molar-refractivity contribution in [3.05, 3.63) is 35.4 Å². The van der Waals surface area contributed by atoms with Gasteiger partial charge in [-0.1, -0.05) is 19.1 Å². The maximum atomic E-state index is 12.1. The number of amides is 1. The second kappa shape index (κ2) is 7.56. The van der Waals surface area contributed by atoms with Crippen LogP contribution in [-0.4, -0.2) is 37.5 Å². The molecule has 0 fully saturated rings. The quantitative estimate of drug-likeness (QED) is 0.740. The Hall–Kier alpha value is -1.84. The predicted molar refractivity (Wildman–Crippen MR) is 74.0 cm³/mol. The zero-order valence-electron chi connectivity index (χ0n) is 11.8. The van der Waals surface area contributed by atoms with Crippen LogP contribution >= 0.6 is 0 Å². The molecule has 1 amide bonds. The third-order valence-corrected chi connectivity index (χ3v) is 3.06. The highest BCUT2D eigenvalue weighted by Gasteiger charge is 2.11. The van der Waals surface area contributed by atoms with Gasteiger partial charge >= 0.3 is 5.97 Å². The number of hydrogen-bond donors (Lipinski definition) is 0. The average molecular weight is 263 g/mol. The molecular formula is C15H21NO3. The van der Waals surface area contributed by atoms with Crippen molar-refractivity contribution in [2.24, 2.45) is 0 Å². The van der Waals surface area contributed by atoms with Crippen LogP contribution in [0.15, 0.2) is 24.3 Å². The van der Waals surface area contributed by atoms with Gasteiger partial charge in [-0.05, 0) is 30.5 Å². The van der Waals surface area contributed by atoms with E-state index in [2.05, 4.69) is 11.7 Å². The number of carbonyl (C=O) groups excluding carboxylic acids is 2. The molecule has 0 saturated carbocycles. The molecule has 1 aromatic carbocycles. The van der Waals surface area contributed by atoms with E-state index in [1.54, 1.807) is 11.9 Å². The second-order valence-electron chi connectivity index (χ2n) is 4.46. The van der Waals surface area contributed by atoms with Crippen LogP contribution in [0.3, 0.4) is 0 Å². The van der Waals surface area contributed by atoms with Crippen molar-refractivity contribution in [1.29, 1.82) is 0 Å². The van der Waals surface area contributed by atoms with Gasteiger partial charge < -0.3 is 9.64 Å². The molecule has 104 valence electrons. The van der Waals surface area contributed by atoms with Gasteiger partial charge in [-0.15, -0.1) is 0 Å². The molecule has 0 radical (unpaired) electrons. The SMILES string of the molecule is CCc1ccc(C(=O)N(C)CCCC(=O)OC)cc1. The number of ether oxygens (including phenoxy) is 1. The number of methoxy groups -OCH3 is 1. The number of carbonyl (C=O) groups is 2. The number of aryl methyl sites for hydroxylation is 1. The molecule has 0 heterocycles. The summed E-state index contributed by atoms with van der Waals surface area (Å²) < 4.78 is 4.56. The van der Waals surface area contributed by atoms with Crippen molar-refractivity contribution in [3.8, 4) is 0 Å². The zero-order chi connectivity index (χ0) is 14.3. The van der Waals surface area contributed by atoms with Crippen molar-refractivity contribution in [1.82, 2.24) is 4.90 Å². The summed E-state index contributed by atoms with van der Waals surface area (Å²) in [5.41, 5.74) is 1.89. The molecular weight excluding hydrogens is 242 g/mol. The standard InChI is InChI=1S/C15H21NO3/c1-4-12-7-9-13(10-8-12)15(18)16(2)11-5-6-14(17)19-3/h7-10H,4-6,11H2,1-3H3. The minimum Gasteiger partial charge on any atom is -0.469 e. The molecule has 0 bridgehead atoms. The predicted octanol–water partition coefficient (Wildman–Crippen LogP) is 2.27. The maximum Gasteiger partial charge on any atom is 0.305 e. The van der Waals surface area contributed by atoms with E-state index in [4.69, 9.17) is 0 Å². The fourth-order valence-corrected chi connectivity index (χ4v) is 1.77. The van der Waals surface area contributed by atoms with Crippen molar-refractivity contribution in [2.45, 2.75) is 26.2 Å². The van der Waals surface area contributed by atoms with E-state index in [0.29, 0.717) is 24.9 Å². The van der Waals surface area contributed by atoms with E-state index >= 15 is 0 Å². The lowest BCUT2D eigenvalue weighted by Crippen LogP contribution is -2.28. The molecule has 0 aliphatic rings. The first-order valence-electron chi connectivity index (χ1n) is 6.49. The smallest absolute Gasteiger partial charge is 0.305 e. The van der Waals surface area contributed by atoms with Crippen LogP contribution in [0.4, 0.5) is 0 Å². The fraction of sp³-hybridized carbons (Fsp3) is 0.467. The summed E-state index contributed by atoms with van der Waals surface area (Å²) in [6.45, 7) is 2.62. The van der Waals surface area contributed by atoms with Gasteiger partial charge in [0, 0.05) is 25.6 Å². The van der Waals surface area contributed by atoms with Gasteiger partial charge in [-0.25, -0.2) is 0 Å². The van der Waals surface area contributed by atoms with Gasteiger partial charge in [0.2, 0.25) is 0 Å². The molecule has 19 heavy (non-hydrogen) atoms. The fourth-order valence-electron chi connectivity index (χ4n) is 1.77. The summed E-state index contributed by atoms with van der Waals surface area (Å²) in [4.78, 5) is 24.7. The van der Waals surface area contributed by atoms with Crippen LogP contribution in [0.5, 0.6) is 0 Å². The molecule has 1 rings (SSSR count). The highest BCUT2D eigenvalue weighted by atomic mass is 16.5. The molecule has 0 spiro atoms. The molecule has 4 heteroatoms. The first-order valence-corrected chi connectivity index (χ1v) is 6.49. The monoisotopic (exact) mass is 263 g/mol. The van der Waals surface area contributed by atoms with Crippen molar-refractivity contribution in [3.63, 3.8) is 0 Å². The molecule has 1 aromatic rings. The molecule has 0 aliphatic carbocycles. The highest BCUT2D eigenvalue weighted by molar-refractivity contribution is 5.94. The summed E-state index contributed by atoms with van der Waals surface area (Å²) in [6.07, 6.45) is 1.91. The minimum absolute atomic E-state index is 0.0208. The van der Waals surface area contributed by atoms with Crippen LogP contribution in [0.25, 0.3) is 0 Å². The first-order chi connectivity index (χ1) is 9.08. The normalized spacial score (nSPS) is 10.1. The van der Waals surface area contributed by atoms with Gasteiger partial charge in [-0.3, -0.25) is 9.59 Å². The largest absolute Gasteiger partial charge is 0.469 e. The van der Waals surface area contributed by atoms with Crippen LogP contribution in [0.1, 0.15) is 35.7 Å². The number of benzene rings is 1. The molecule has 0 saturated heterocycles. The highest BCUT2D eigenvalue weighted by Crippen LogP contribution is 2.08. The van der Waals surface area contributed by atoms with Crippen LogP contribution < -0.4 is 0 Å². The summed E-state index contributed by atoms with van der Waals surface area (Å²) in [7, 11) is 3.11. The minimum atomic E-state index is -0.242. The summed E-state index contributed by atoms with van der Waals surface area (Å²) in [5.74, 6) is -0.263. The molecule has 0 aromatic heterocycles. The lowest BCUT2D eigenvalue weighted by atomic mass is 10.1. The number of nitrogens with zero attached hydrogens (tertiary/aromatic N) is 1. The topological polar surface area (TPSA) is 46.6 Å². The van der Waals surface area contributed by atoms with E-state index in [1.165, 1.54) is 12.7 Å².